The average Bonchev–Trinajstić information content (AvgIpc) is 2.53. The van der Waals surface area contributed by atoms with Crippen molar-refractivity contribution < 1.29 is 0 Å². The van der Waals surface area contributed by atoms with Gasteiger partial charge in [0.15, 0.2) is 0 Å². The van der Waals surface area contributed by atoms with Gasteiger partial charge in [-0.25, -0.2) is 0 Å². The predicted molar refractivity (Wildman–Crippen MR) is 89.8 cm³/mol. The van der Waals surface area contributed by atoms with E-state index in [0.717, 1.165) is 36.5 Å². The molecule has 1 aromatic heterocycles. The van der Waals surface area contributed by atoms with Gasteiger partial charge in [0.25, 0.3) is 0 Å². The largest absolute Gasteiger partial charge is 0.308 e. The monoisotopic (exact) mass is 302 g/mol. The number of benzene rings is 1. The molecule has 0 bridgehead atoms. The Morgan fingerprint density at radius 1 is 1.10 bits per heavy atom. The molecule has 0 amide bonds. The highest BCUT2D eigenvalue weighted by Gasteiger charge is 2.15. The van der Waals surface area contributed by atoms with Crippen LogP contribution in [-0.2, 0) is 12.8 Å². The number of rotatable bonds is 7. The summed E-state index contributed by atoms with van der Waals surface area (Å²) in [7, 11) is 0. The van der Waals surface area contributed by atoms with Crippen LogP contribution in [0.4, 0.5) is 0 Å². The zero-order valence-electron chi connectivity index (χ0n) is 12.8. The van der Waals surface area contributed by atoms with E-state index in [1.165, 1.54) is 11.1 Å². The van der Waals surface area contributed by atoms with Crippen molar-refractivity contribution in [2.24, 2.45) is 0 Å². The topological polar surface area (TPSA) is 24.9 Å². The number of hydrogen-bond acceptors (Lipinski definition) is 2. The highest BCUT2D eigenvalue weighted by atomic mass is 35.5. The van der Waals surface area contributed by atoms with E-state index < -0.39 is 0 Å². The first-order valence-corrected chi connectivity index (χ1v) is 8.04. The van der Waals surface area contributed by atoms with Crippen LogP contribution in [0.5, 0.6) is 0 Å². The molecule has 21 heavy (non-hydrogen) atoms. The molecule has 1 heterocycles. The van der Waals surface area contributed by atoms with Crippen LogP contribution in [0.2, 0.25) is 5.02 Å². The summed E-state index contributed by atoms with van der Waals surface area (Å²) >= 11 is 6.31. The number of nitrogens with zero attached hydrogens (tertiary/aromatic N) is 1. The lowest BCUT2D eigenvalue weighted by Crippen LogP contribution is -2.25. The van der Waals surface area contributed by atoms with Crippen molar-refractivity contribution in [3.8, 4) is 0 Å². The summed E-state index contributed by atoms with van der Waals surface area (Å²) in [6, 6.07) is 12.8. The van der Waals surface area contributed by atoms with E-state index in [1.807, 2.05) is 18.3 Å². The predicted octanol–water partition coefficient (Wildman–Crippen LogP) is 4.58. The van der Waals surface area contributed by atoms with E-state index in [-0.39, 0.29) is 6.04 Å². The van der Waals surface area contributed by atoms with E-state index in [0.29, 0.717) is 0 Å². The van der Waals surface area contributed by atoms with Gasteiger partial charge in [-0.1, -0.05) is 49.7 Å². The Labute approximate surface area is 132 Å². The first-order valence-electron chi connectivity index (χ1n) is 7.66. The smallest absolute Gasteiger partial charge is 0.0762 e. The van der Waals surface area contributed by atoms with Crippen LogP contribution in [0.1, 0.15) is 43.1 Å². The molecule has 0 fully saturated rings. The molecule has 1 unspecified atom stereocenters. The molecule has 0 saturated heterocycles. The number of halogens is 1. The van der Waals surface area contributed by atoms with Crippen LogP contribution in [0, 0.1) is 0 Å². The van der Waals surface area contributed by atoms with Crippen molar-refractivity contribution in [1.29, 1.82) is 0 Å². The third-order valence-corrected chi connectivity index (χ3v) is 3.95. The molecule has 1 atom stereocenters. The minimum Gasteiger partial charge on any atom is -0.308 e. The Kier molecular flexibility index (Phi) is 6.21. The van der Waals surface area contributed by atoms with Crippen molar-refractivity contribution in [2.45, 2.75) is 39.2 Å². The van der Waals surface area contributed by atoms with Gasteiger partial charge in [0.1, 0.15) is 0 Å². The quantitative estimate of drug-likeness (QED) is 0.809. The molecule has 0 saturated carbocycles. The lowest BCUT2D eigenvalue weighted by Gasteiger charge is -2.19. The molecule has 0 radical (unpaired) electrons. The van der Waals surface area contributed by atoms with Crippen molar-refractivity contribution in [3.63, 3.8) is 0 Å². The number of aromatic nitrogens is 1. The Balaban J connectivity index is 2.17. The molecular formula is C18H23ClN2. The summed E-state index contributed by atoms with van der Waals surface area (Å²) in [5.74, 6) is 0. The minimum atomic E-state index is 0.158. The molecule has 2 aromatic rings. The lowest BCUT2D eigenvalue weighted by atomic mass is 10.0. The van der Waals surface area contributed by atoms with Gasteiger partial charge in [-0.05, 0) is 49.1 Å². The first-order chi connectivity index (χ1) is 10.2. The molecular weight excluding hydrogens is 280 g/mol. The number of hydrogen-bond donors (Lipinski definition) is 1. The Morgan fingerprint density at radius 2 is 1.81 bits per heavy atom. The van der Waals surface area contributed by atoms with Gasteiger partial charge in [0, 0.05) is 6.20 Å². The Bertz CT molecular complexity index is 551. The summed E-state index contributed by atoms with van der Waals surface area (Å²) in [5, 5.41) is 4.29. The van der Waals surface area contributed by atoms with Gasteiger partial charge in [-0.15, -0.1) is 0 Å². The second kappa shape index (κ2) is 8.16. The molecule has 2 rings (SSSR count). The molecule has 2 nitrogen and oxygen atoms in total. The molecule has 0 aliphatic rings. The van der Waals surface area contributed by atoms with Crippen molar-refractivity contribution >= 4 is 11.6 Å². The third-order valence-electron chi connectivity index (χ3n) is 3.63. The van der Waals surface area contributed by atoms with Gasteiger partial charge in [0.05, 0.1) is 16.8 Å². The normalized spacial score (nSPS) is 12.3. The van der Waals surface area contributed by atoms with Gasteiger partial charge < -0.3 is 5.32 Å². The van der Waals surface area contributed by atoms with Gasteiger partial charge in [-0.2, -0.15) is 0 Å². The molecule has 112 valence electrons. The van der Waals surface area contributed by atoms with Crippen LogP contribution in [0.15, 0.2) is 42.6 Å². The van der Waals surface area contributed by atoms with Crippen molar-refractivity contribution in [2.75, 3.05) is 6.54 Å². The standard InChI is InChI=1S/C18H23ClN2/c1-3-11-20-17(18-16(19)6-5-12-21-18)13-15-9-7-14(4-2)8-10-15/h5-10,12,17,20H,3-4,11,13H2,1-2H3. The fourth-order valence-corrected chi connectivity index (χ4v) is 2.64. The minimum absolute atomic E-state index is 0.158. The van der Waals surface area contributed by atoms with Gasteiger partial charge in [0.2, 0.25) is 0 Å². The van der Waals surface area contributed by atoms with Gasteiger partial charge in [-0.3, -0.25) is 4.98 Å². The summed E-state index contributed by atoms with van der Waals surface area (Å²) in [5.41, 5.74) is 3.61. The summed E-state index contributed by atoms with van der Waals surface area (Å²) in [4.78, 5) is 4.47. The Hall–Kier alpha value is -1.38. The van der Waals surface area contributed by atoms with E-state index in [2.05, 4.69) is 48.4 Å². The second-order valence-electron chi connectivity index (χ2n) is 5.25. The molecule has 3 heteroatoms. The van der Waals surface area contributed by atoms with Crippen LogP contribution in [0.3, 0.4) is 0 Å². The maximum Gasteiger partial charge on any atom is 0.0762 e. The number of aryl methyl sites for hydroxylation is 1. The second-order valence-corrected chi connectivity index (χ2v) is 5.66. The zero-order valence-corrected chi connectivity index (χ0v) is 13.5. The summed E-state index contributed by atoms with van der Waals surface area (Å²) in [6.45, 7) is 5.30. The lowest BCUT2D eigenvalue weighted by molar-refractivity contribution is 0.518. The van der Waals surface area contributed by atoms with Crippen LogP contribution in [-0.4, -0.2) is 11.5 Å². The van der Waals surface area contributed by atoms with Crippen molar-refractivity contribution in [1.82, 2.24) is 10.3 Å². The molecule has 1 aromatic carbocycles. The van der Waals surface area contributed by atoms with E-state index in [4.69, 9.17) is 11.6 Å². The van der Waals surface area contributed by atoms with Gasteiger partial charge >= 0.3 is 0 Å². The zero-order chi connectivity index (χ0) is 15.1. The summed E-state index contributed by atoms with van der Waals surface area (Å²) < 4.78 is 0. The van der Waals surface area contributed by atoms with Crippen LogP contribution < -0.4 is 5.32 Å². The maximum absolute atomic E-state index is 6.31. The van der Waals surface area contributed by atoms with E-state index >= 15 is 0 Å². The summed E-state index contributed by atoms with van der Waals surface area (Å²) in [6.07, 6.45) is 4.88. The maximum atomic E-state index is 6.31. The highest BCUT2D eigenvalue weighted by molar-refractivity contribution is 6.31. The van der Waals surface area contributed by atoms with Crippen LogP contribution in [0.25, 0.3) is 0 Å². The SMILES string of the molecule is CCCNC(Cc1ccc(CC)cc1)c1ncccc1Cl. The third kappa shape index (κ3) is 4.55. The molecule has 0 spiro atoms. The average molecular weight is 303 g/mol. The van der Waals surface area contributed by atoms with Crippen molar-refractivity contribution in [3.05, 3.63) is 64.4 Å². The first kappa shape index (κ1) is 16.0. The number of nitrogens with one attached hydrogen (secondary N) is 1. The fourth-order valence-electron chi connectivity index (χ4n) is 2.39. The van der Waals surface area contributed by atoms with E-state index in [1.54, 1.807) is 0 Å². The number of pyridine rings is 1. The molecule has 1 N–H and O–H groups in total. The molecule has 0 aliphatic heterocycles. The fraction of sp³-hybridized carbons (Fsp3) is 0.389. The Morgan fingerprint density at radius 3 is 2.43 bits per heavy atom. The molecule has 0 aliphatic carbocycles. The van der Waals surface area contributed by atoms with Crippen LogP contribution >= 0.6 is 11.6 Å². The highest BCUT2D eigenvalue weighted by Crippen LogP contribution is 2.23. The van der Waals surface area contributed by atoms with E-state index in [9.17, 15) is 0 Å².